The first-order chi connectivity index (χ1) is 7.25. The fraction of sp³-hybridized carbons (Fsp3) is 0.600. The van der Waals surface area contributed by atoms with E-state index in [1.54, 1.807) is 0 Å². The van der Waals surface area contributed by atoms with Gasteiger partial charge in [0, 0.05) is 17.7 Å². The number of amides is 1. The highest BCUT2D eigenvalue weighted by atomic mass is 16.2. The SMILES string of the molecule is Cc1cc(NC(=O)C2CCNCC2)n[nH]1. The summed E-state index contributed by atoms with van der Waals surface area (Å²) in [4.78, 5) is 11.8. The Kier molecular flexibility index (Phi) is 3.01. The topological polar surface area (TPSA) is 69.8 Å². The lowest BCUT2D eigenvalue weighted by molar-refractivity contribution is -0.120. The van der Waals surface area contributed by atoms with Crippen molar-refractivity contribution in [3.05, 3.63) is 11.8 Å². The van der Waals surface area contributed by atoms with Gasteiger partial charge in [-0.15, -0.1) is 0 Å². The molecule has 3 N–H and O–H groups in total. The van der Waals surface area contributed by atoms with Gasteiger partial charge < -0.3 is 10.6 Å². The fourth-order valence-corrected chi connectivity index (χ4v) is 1.79. The summed E-state index contributed by atoms with van der Waals surface area (Å²) >= 11 is 0. The molecule has 0 aliphatic carbocycles. The average molecular weight is 208 g/mol. The Morgan fingerprint density at radius 1 is 1.53 bits per heavy atom. The zero-order valence-corrected chi connectivity index (χ0v) is 8.84. The highest BCUT2D eigenvalue weighted by molar-refractivity contribution is 5.91. The van der Waals surface area contributed by atoms with Crippen molar-refractivity contribution >= 4 is 11.7 Å². The van der Waals surface area contributed by atoms with Gasteiger partial charge in [-0.3, -0.25) is 9.89 Å². The van der Waals surface area contributed by atoms with Gasteiger partial charge in [-0.2, -0.15) is 5.10 Å². The largest absolute Gasteiger partial charge is 0.317 e. The summed E-state index contributed by atoms with van der Waals surface area (Å²) < 4.78 is 0. The van der Waals surface area contributed by atoms with Gasteiger partial charge in [0.05, 0.1) is 0 Å². The van der Waals surface area contributed by atoms with Crippen molar-refractivity contribution in [2.45, 2.75) is 19.8 Å². The van der Waals surface area contributed by atoms with E-state index in [1.807, 2.05) is 13.0 Å². The molecule has 1 aromatic heterocycles. The maximum Gasteiger partial charge on any atom is 0.228 e. The van der Waals surface area contributed by atoms with Crippen molar-refractivity contribution in [3.8, 4) is 0 Å². The first kappa shape index (κ1) is 10.2. The van der Waals surface area contributed by atoms with Gasteiger partial charge in [0.1, 0.15) is 0 Å². The molecule has 1 saturated heterocycles. The van der Waals surface area contributed by atoms with Gasteiger partial charge >= 0.3 is 0 Å². The van der Waals surface area contributed by atoms with Crippen LogP contribution < -0.4 is 10.6 Å². The minimum Gasteiger partial charge on any atom is -0.317 e. The number of piperidine rings is 1. The molecule has 2 heterocycles. The third-order valence-electron chi connectivity index (χ3n) is 2.67. The molecule has 1 fully saturated rings. The molecule has 1 aliphatic heterocycles. The monoisotopic (exact) mass is 208 g/mol. The summed E-state index contributed by atoms with van der Waals surface area (Å²) in [7, 11) is 0. The number of aromatic nitrogens is 2. The van der Waals surface area contributed by atoms with Crippen molar-refractivity contribution in [1.82, 2.24) is 15.5 Å². The van der Waals surface area contributed by atoms with Crippen LogP contribution in [0, 0.1) is 12.8 Å². The molecule has 0 aromatic carbocycles. The number of carbonyl (C=O) groups excluding carboxylic acids is 1. The van der Waals surface area contributed by atoms with E-state index in [9.17, 15) is 4.79 Å². The average Bonchev–Trinajstić information content (AvgIpc) is 2.65. The van der Waals surface area contributed by atoms with Crippen LogP contribution in [0.2, 0.25) is 0 Å². The number of carbonyl (C=O) groups is 1. The first-order valence-electron chi connectivity index (χ1n) is 5.29. The van der Waals surface area contributed by atoms with Crippen molar-refractivity contribution in [3.63, 3.8) is 0 Å². The molecule has 0 spiro atoms. The third kappa shape index (κ3) is 2.56. The standard InChI is InChI=1S/C10H16N4O/c1-7-6-9(14-13-7)12-10(15)8-2-4-11-5-3-8/h6,8,11H,2-5H2,1H3,(H2,12,13,14,15). The van der Waals surface area contributed by atoms with Gasteiger partial charge in [-0.1, -0.05) is 0 Å². The van der Waals surface area contributed by atoms with Crippen LogP contribution in [0.25, 0.3) is 0 Å². The van der Waals surface area contributed by atoms with E-state index in [0.29, 0.717) is 5.82 Å². The lowest BCUT2D eigenvalue weighted by Crippen LogP contribution is -2.34. The minimum atomic E-state index is 0.0861. The van der Waals surface area contributed by atoms with Crippen LogP contribution in [0.3, 0.4) is 0 Å². The van der Waals surface area contributed by atoms with E-state index in [0.717, 1.165) is 31.6 Å². The Bertz CT molecular complexity index is 341. The Morgan fingerprint density at radius 3 is 2.87 bits per heavy atom. The molecule has 82 valence electrons. The van der Waals surface area contributed by atoms with Crippen LogP contribution in [0.15, 0.2) is 6.07 Å². The van der Waals surface area contributed by atoms with Crippen molar-refractivity contribution in [2.75, 3.05) is 18.4 Å². The second kappa shape index (κ2) is 4.44. The maximum absolute atomic E-state index is 11.8. The number of anilines is 1. The summed E-state index contributed by atoms with van der Waals surface area (Å²) in [6.07, 6.45) is 1.82. The number of nitrogens with zero attached hydrogens (tertiary/aromatic N) is 1. The maximum atomic E-state index is 11.8. The van der Waals surface area contributed by atoms with E-state index in [1.165, 1.54) is 0 Å². The molecule has 15 heavy (non-hydrogen) atoms. The third-order valence-corrected chi connectivity index (χ3v) is 2.67. The van der Waals surface area contributed by atoms with Crippen LogP contribution in [0.4, 0.5) is 5.82 Å². The Balaban J connectivity index is 1.91. The van der Waals surface area contributed by atoms with E-state index in [4.69, 9.17) is 0 Å². The second-order valence-corrected chi connectivity index (χ2v) is 3.95. The molecule has 1 aromatic rings. The number of hydrogen-bond donors (Lipinski definition) is 3. The highest BCUT2D eigenvalue weighted by Gasteiger charge is 2.21. The van der Waals surface area contributed by atoms with Crippen molar-refractivity contribution in [1.29, 1.82) is 0 Å². The molecule has 0 saturated carbocycles. The number of aryl methyl sites for hydroxylation is 1. The van der Waals surface area contributed by atoms with Gasteiger partial charge in [0.15, 0.2) is 5.82 Å². The lowest BCUT2D eigenvalue weighted by Gasteiger charge is -2.21. The minimum absolute atomic E-state index is 0.0861. The number of nitrogens with one attached hydrogen (secondary N) is 3. The van der Waals surface area contributed by atoms with Crippen LogP contribution in [-0.2, 0) is 4.79 Å². The number of aromatic amines is 1. The molecule has 0 atom stereocenters. The molecule has 5 nitrogen and oxygen atoms in total. The van der Waals surface area contributed by atoms with Crippen LogP contribution in [0.5, 0.6) is 0 Å². The second-order valence-electron chi connectivity index (χ2n) is 3.95. The first-order valence-corrected chi connectivity index (χ1v) is 5.29. The predicted octanol–water partition coefficient (Wildman–Crippen LogP) is 0.656. The quantitative estimate of drug-likeness (QED) is 0.668. The zero-order valence-electron chi connectivity index (χ0n) is 8.84. The number of rotatable bonds is 2. The fourth-order valence-electron chi connectivity index (χ4n) is 1.79. The summed E-state index contributed by atoms with van der Waals surface area (Å²) in [6, 6.07) is 1.83. The summed E-state index contributed by atoms with van der Waals surface area (Å²) in [5.41, 5.74) is 0.954. The summed E-state index contributed by atoms with van der Waals surface area (Å²) in [5, 5.41) is 12.8. The Hall–Kier alpha value is -1.36. The molecular formula is C10H16N4O. The molecular weight excluding hydrogens is 192 g/mol. The summed E-state index contributed by atoms with van der Waals surface area (Å²) in [5.74, 6) is 0.835. The van der Waals surface area contributed by atoms with Crippen molar-refractivity contribution in [2.24, 2.45) is 5.92 Å². The molecule has 2 rings (SSSR count). The van der Waals surface area contributed by atoms with Crippen LogP contribution >= 0.6 is 0 Å². The molecule has 1 aliphatic rings. The van der Waals surface area contributed by atoms with E-state index < -0.39 is 0 Å². The zero-order chi connectivity index (χ0) is 10.7. The van der Waals surface area contributed by atoms with Crippen molar-refractivity contribution < 1.29 is 4.79 Å². The van der Waals surface area contributed by atoms with Crippen LogP contribution in [-0.4, -0.2) is 29.2 Å². The lowest BCUT2D eigenvalue weighted by atomic mass is 9.97. The number of H-pyrrole nitrogens is 1. The summed E-state index contributed by atoms with van der Waals surface area (Å²) in [6.45, 7) is 3.77. The number of hydrogen-bond acceptors (Lipinski definition) is 3. The molecule has 0 bridgehead atoms. The van der Waals surface area contributed by atoms with Gasteiger partial charge in [0.2, 0.25) is 5.91 Å². The van der Waals surface area contributed by atoms with Gasteiger partial charge in [-0.25, -0.2) is 0 Å². The highest BCUT2D eigenvalue weighted by Crippen LogP contribution is 2.14. The van der Waals surface area contributed by atoms with Gasteiger partial charge in [0.25, 0.3) is 0 Å². The smallest absolute Gasteiger partial charge is 0.228 e. The van der Waals surface area contributed by atoms with E-state index >= 15 is 0 Å². The van der Waals surface area contributed by atoms with Gasteiger partial charge in [-0.05, 0) is 32.9 Å². The van der Waals surface area contributed by atoms with E-state index in [2.05, 4.69) is 20.8 Å². The van der Waals surface area contributed by atoms with Crippen LogP contribution in [0.1, 0.15) is 18.5 Å². The molecule has 0 unspecified atom stereocenters. The predicted molar refractivity (Wildman–Crippen MR) is 57.5 cm³/mol. The molecule has 5 heteroatoms. The van der Waals surface area contributed by atoms with E-state index in [-0.39, 0.29) is 11.8 Å². The Labute approximate surface area is 88.6 Å². The normalized spacial score (nSPS) is 17.7. The molecule has 0 radical (unpaired) electrons. The Morgan fingerprint density at radius 2 is 2.27 bits per heavy atom. The molecule has 1 amide bonds.